The molecule has 0 saturated heterocycles. The second kappa shape index (κ2) is 4.96. The first-order chi connectivity index (χ1) is 9.51. The van der Waals surface area contributed by atoms with Crippen LogP contribution in [-0.2, 0) is 13.5 Å². The standard InChI is InChI=1S/C13H12FIN4S/c1-3-9-12(6-18(2)17-9)19-11-4-7(14)8(15)5-10(11)16-13(19)20/h4-6H,3H2,1-2H3,(H,16,20). The third kappa shape index (κ3) is 2.08. The molecule has 0 amide bonds. The average Bonchev–Trinajstić information content (AvgIpc) is 2.89. The molecule has 0 fully saturated rings. The molecule has 2 heterocycles. The van der Waals surface area contributed by atoms with Gasteiger partial charge in [-0.05, 0) is 47.3 Å². The number of halogens is 2. The molecular weight excluding hydrogens is 390 g/mol. The van der Waals surface area contributed by atoms with Gasteiger partial charge < -0.3 is 4.98 Å². The van der Waals surface area contributed by atoms with Gasteiger partial charge in [-0.3, -0.25) is 9.25 Å². The molecule has 0 aliphatic carbocycles. The molecule has 0 aliphatic rings. The van der Waals surface area contributed by atoms with E-state index in [9.17, 15) is 4.39 Å². The summed E-state index contributed by atoms with van der Waals surface area (Å²) in [7, 11) is 1.87. The first-order valence-electron chi connectivity index (χ1n) is 6.14. The van der Waals surface area contributed by atoms with Gasteiger partial charge in [0.1, 0.15) is 5.82 Å². The van der Waals surface area contributed by atoms with Crippen molar-refractivity contribution in [1.82, 2.24) is 19.3 Å². The number of aromatic amines is 1. The van der Waals surface area contributed by atoms with Crippen molar-refractivity contribution in [1.29, 1.82) is 0 Å². The van der Waals surface area contributed by atoms with Crippen molar-refractivity contribution in [3.05, 3.63) is 38.2 Å². The summed E-state index contributed by atoms with van der Waals surface area (Å²) in [5.74, 6) is -0.247. The van der Waals surface area contributed by atoms with Crippen LogP contribution in [0.1, 0.15) is 12.6 Å². The molecule has 7 heteroatoms. The highest BCUT2D eigenvalue weighted by molar-refractivity contribution is 14.1. The fourth-order valence-corrected chi connectivity index (χ4v) is 3.08. The Kier molecular flexibility index (Phi) is 3.41. The molecule has 3 aromatic rings. The van der Waals surface area contributed by atoms with Crippen molar-refractivity contribution in [2.24, 2.45) is 7.05 Å². The minimum absolute atomic E-state index is 0.247. The van der Waals surface area contributed by atoms with Gasteiger partial charge in [0.05, 0.1) is 26.0 Å². The molecule has 1 N–H and O–H groups in total. The quantitative estimate of drug-likeness (QED) is 0.524. The third-order valence-electron chi connectivity index (χ3n) is 3.18. The van der Waals surface area contributed by atoms with E-state index in [1.54, 1.807) is 10.7 Å². The van der Waals surface area contributed by atoms with Crippen LogP contribution in [-0.4, -0.2) is 19.3 Å². The Balaban J connectivity index is 2.38. The van der Waals surface area contributed by atoms with E-state index >= 15 is 0 Å². The largest absolute Gasteiger partial charge is 0.330 e. The number of nitrogens with one attached hydrogen (secondary N) is 1. The molecule has 0 aliphatic heterocycles. The number of benzene rings is 1. The van der Waals surface area contributed by atoms with Crippen LogP contribution in [0, 0.1) is 14.2 Å². The third-order valence-corrected chi connectivity index (χ3v) is 4.29. The molecule has 2 aromatic heterocycles. The van der Waals surface area contributed by atoms with Gasteiger partial charge in [0.25, 0.3) is 0 Å². The lowest BCUT2D eigenvalue weighted by atomic mass is 10.2. The van der Waals surface area contributed by atoms with Crippen LogP contribution in [0.3, 0.4) is 0 Å². The Labute approximate surface area is 133 Å². The molecule has 0 saturated carbocycles. The van der Waals surface area contributed by atoms with E-state index in [-0.39, 0.29) is 5.82 Å². The second-order valence-electron chi connectivity index (χ2n) is 4.54. The van der Waals surface area contributed by atoms with E-state index in [1.165, 1.54) is 6.07 Å². The zero-order valence-corrected chi connectivity index (χ0v) is 13.9. The van der Waals surface area contributed by atoms with Gasteiger partial charge in [-0.1, -0.05) is 6.92 Å². The van der Waals surface area contributed by atoms with E-state index in [4.69, 9.17) is 12.2 Å². The molecule has 20 heavy (non-hydrogen) atoms. The van der Waals surface area contributed by atoms with Crippen LogP contribution in [0.4, 0.5) is 4.39 Å². The minimum Gasteiger partial charge on any atom is -0.330 e. The first kappa shape index (κ1) is 13.7. The summed E-state index contributed by atoms with van der Waals surface area (Å²) in [6.45, 7) is 2.04. The molecule has 0 unspecified atom stereocenters. The van der Waals surface area contributed by atoms with Crippen molar-refractivity contribution in [3.8, 4) is 5.69 Å². The average molecular weight is 402 g/mol. The lowest BCUT2D eigenvalue weighted by molar-refractivity contribution is 0.622. The Morgan fingerprint density at radius 3 is 2.90 bits per heavy atom. The van der Waals surface area contributed by atoms with Crippen molar-refractivity contribution >= 4 is 45.8 Å². The van der Waals surface area contributed by atoms with Crippen molar-refractivity contribution in [3.63, 3.8) is 0 Å². The zero-order chi connectivity index (χ0) is 14.4. The van der Waals surface area contributed by atoms with Crippen molar-refractivity contribution in [2.75, 3.05) is 0 Å². The summed E-state index contributed by atoms with van der Waals surface area (Å²) in [4.78, 5) is 3.12. The summed E-state index contributed by atoms with van der Waals surface area (Å²) < 4.78 is 18.6. The van der Waals surface area contributed by atoms with Crippen LogP contribution >= 0.6 is 34.8 Å². The molecule has 0 atom stereocenters. The number of H-pyrrole nitrogens is 1. The predicted molar refractivity (Wildman–Crippen MR) is 87.3 cm³/mol. The summed E-state index contributed by atoms with van der Waals surface area (Å²) in [6.07, 6.45) is 2.69. The van der Waals surface area contributed by atoms with Gasteiger partial charge in [-0.15, -0.1) is 0 Å². The number of hydrogen-bond acceptors (Lipinski definition) is 2. The van der Waals surface area contributed by atoms with Gasteiger partial charge in [0.2, 0.25) is 0 Å². The maximum Gasteiger partial charge on any atom is 0.182 e. The van der Waals surface area contributed by atoms with Crippen LogP contribution in [0.15, 0.2) is 18.3 Å². The first-order valence-corrected chi connectivity index (χ1v) is 7.62. The molecular formula is C13H12FIN4S. The highest BCUT2D eigenvalue weighted by Crippen LogP contribution is 2.25. The SMILES string of the molecule is CCc1nn(C)cc1-n1c(=S)[nH]c2cc(I)c(F)cc21. The van der Waals surface area contributed by atoms with Gasteiger partial charge in [0.15, 0.2) is 4.77 Å². The van der Waals surface area contributed by atoms with Gasteiger partial charge >= 0.3 is 0 Å². The van der Waals surface area contributed by atoms with Gasteiger partial charge in [-0.2, -0.15) is 5.10 Å². The Hall–Kier alpha value is -1.22. The van der Waals surface area contributed by atoms with Crippen LogP contribution in [0.25, 0.3) is 16.7 Å². The van der Waals surface area contributed by atoms with Gasteiger partial charge in [-0.25, -0.2) is 4.39 Å². The molecule has 3 rings (SSSR count). The molecule has 0 bridgehead atoms. The smallest absolute Gasteiger partial charge is 0.182 e. The second-order valence-corrected chi connectivity index (χ2v) is 6.09. The molecule has 1 aromatic carbocycles. The van der Waals surface area contributed by atoms with Crippen molar-refractivity contribution in [2.45, 2.75) is 13.3 Å². The lowest BCUT2D eigenvalue weighted by Crippen LogP contribution is -1.97. The van der Waals surface area contributed by atoms with E-state index < -0.39 is 0 Å². The summed E-state index contributed by atoms with van der Waals surface area (Å²) in [5.41, 5.74) is 3.39. The Morgan fingerprint density at radius 2 is 2.20 bits per heavy atom. The Bertz CT molecular complexity index is 861. The van der Waals surface area contributed by atoms with E-state index in [0.29, 0.717) is 8.34 Å². The minimum atomic E-state index is -0.247. The topological polar surface area (TPSA) is 38.5 Å². The van der Waals surface area contributed by atoms with Gasteiger partial charge in [0, 0.05) is 19.3 Å². The summed E-state index contributed by atoms with van der Waals surface area (Å²) in [5, 5.41) is 4.41. The fraction of sp³-hybridized carbons (Fsp3) is 0.231. The number of aromatic nitrogens is 4. The number of hydrogen-bond donors (Lipinski definition) is 1. The van der Waals surface area contributed by atoms with E-state index in [0.717, 1.165) is 28.8 Å². The lowest BCUT2D eigenvalue weighted by Gasteiger charge is -2.04. The van der Waals surface area contributed by atoms with E-state index in [1.807, 2.05) is 47.3 Å². The summed E-state index contributed by atoms with van der Waals surface area (Å²) >= 11 is 7.36. The van der Waals surface area contributed by atoms with Crippen LogP contribution in [0.2, 0.25) is 0 Å². The number of nitrogens with zero attached hydrogens (tertiary/aromatic N) is 3. The predicted octanol–water partition coefficient (Wildman–Crippen LogP) is 3.73. The normalized spacial score (nSPS) is 11.4. The molecule has 0 radical (unpaired) electrons. The van der Waals surface area contributed by atoms with Crippen LogP contribution < -0.4 is 0 Å². The number of aryl methyl sites for hydroxylation is 2. The van der Waals surface area contributed by atoms with Crippen LogP contribution in [0.5, 0.6) is 0 Å². The van der Waals surface area contributed by atoms with Crippen molar-refractivity contribution < 1.29 is 4.39 Å². The maximum atomic E-state index is 13.9. The summed E-state index contributed by atoms with van der Waals surface area (Å²) in [6, 6.07) is 3.27. The highest BCUT2D eigenvalue weighted by Gasteiger charge is 2.14. The number of fused-ring (bicyclic) bond motifs is 1. The number of imidazole rings is 1. The maximum absolute atomic E-state index is 13.9. The molecule has 104 valence electrons. The Morgan fingerprint density at radius 1 is 1.45 bits per heavy atom. The highest BCUT2D eigenvalue weighted by atomic mass is 127. The molecule has 0 spiro atoms. The monoisotopic (exact) mass is 402 g/mol. The fourth-order valence-electron chi connectivity index (χ4n) is 2.30. The zero-order valence-electron chi connectivity index (χ0n) is 10.9. The molecule has 4 nitrogen and oxygen atoms in total. The van der Waals surface area contributed by atoms with E-state index in [2.05, 4.69) is 10.1 Å². The number of rotatable bonds is 2.